The number of rotatable bonds is 4. The topological polar surface area (TPSA) is 62.3 Å². The minimum Gasteiger partial charge on any atom is -0.348 e. The number of aromatic nitrogens is 1. The van der Waals surface area contributed by atoms with Gasteiger partial charge in [0, 0.05) is 32.0 Å². The predicted octanol–water partition coefficient (Wildman–Crippen LogP) is 3.19. The maximum atomic E-state index is 12.7. The number of nitrogens with zero attached hydrogens (tertiary/aromatic N) is 2. The molecule has 0 saturated carbocycles. The highest BCUT2D eigenvalue weighted by Gasteiger charge is 2.23. The molecule has 3 rings (SSSR count). The molecular formula is C21H25N3O2. The summed E-state index contributed by atoms with van der Waals surface area (Å²) in [6.45, 7) is 6.16. The van der Waals surface area contributed by atoms with Crippen LogP contribution in [0.3, 0.4) is 0 Å². The number of aryl methyl sites for hydroxylation is 1. The van der Waals surface area contributed by atoms with E-state index in [0.717, 1.165) is 37.1 Å². The Morgan fingerprint density at radius 1 is 1.23 bits per heavy atom. The molecule has 1 fully saturated rings. The minimum atomic E-state index is -0.220. The first-order valence-corrected chi connectivity index (χ1v) is 9.11. The van der Waals surface area contributed by atoms with Gasteiger partial charge >= 0.3 is 0 Å². The van der Waals surface area contributed by atoms with Crippen molar-refractivity contribution in [1.29, 1.82) is 0 Å². The normalized spacial score (nSPS) is 17.0. The van der Waals surface area contributed by atoms with Crippen molar-refractivity contribution in [3.63, 3.8) is 0 Å². The summed E-state index contributed by atoms with van der Waals surface area (Å²) in [6, 6.07) is 9.57. The third-order valence-electron chi connectivity index (χ3n) is 4.89. The van der Waals surface area contributed by atoms with Crippen molar-refractivity contribution in [3.05, 3.63) is 65.0 Å². The van der Waals surface area contributed by atoms with Crippen molar-refractivity contribution >= 4 is 11.8 Å². The second kappa shape index (κ2) is 8.13. The van der Waals surface area contributed by atoms with Gasteiger partial charge in [0.2, 0.25) is 0 Å². The monoisotopic (exact) mass is 351 g/mol. The van der Waals surface area contributed by atoms with Gasteiger partial charge in [0.15, 0.2) is 0 Å². The molecule has 1 aliphatic heterocycles. The maximum absolute atomic E-state index is 12.7. The van der Waals surface area contributed by atoms with Gasteiger partial charge in [-0.2, -0.15) is 0 Å². The lowest BCUT2D eigenvalue weighted by Gasteiger charge is -2.30. The van der Waals surface area contributed by atoms with Crippen LogP contribution >= 0.6 is 0 Å². The van der Waals surface area contributed by atoms with Gasteiger partial charge in [-0.15, -0.1) is 0 Å². The average molecular weight is 351 g/mol. The molecule has 1 N–H and O–H groups in total. The number of nitrogens with one attached hydrogen (secondary N) is 1. The quantitative estimate of drug-likeness (QED) is 0.920. The Morgan fingerprint density at radius 3 is 2.77 bits per heavy atom. The minimum absolute atomic E-state index is 0.0439. The Balaban J connectivity index is 1.67. The number of hydrogen-bond donors (Lipinski definition) is 1. The molecule has 0 spiro atoms. The van der Waals surface area contributed by atoms with E-state index in [9.17, 15) is 9.59 Å². The molecule has 5 heteroatoms. The molecule has 5 nitrogen and oxygen atoms in total. The molecule has 0 aliphatic carbocycles. The summed E-state index contributed by atoms with van der Waals surface area (Å²) in [5.74, 6) is 0.251. The van der Waals surface area contributed by atoms with Crippen LogP contribution in [0.4, 0.5) is 0 Å². The number of pyridine rings is 1. The SMILES string of the molecule is Cc1ccccc1CNC(=O)c1cncc(C(=O)N2CCCC(C)C2)c1. The van der Waals surface area contributed by atoms with Gasteiger partial charge in [0.1, 0.15) is 0 Å². The lowest BCUT2D eigenvalue weighted by molar-refractivity contribution is 0.0682. The van der Waals surface area contributed by atoms with E-state index in [1.54, 1.807) is 12.3 Å². The van der Waals surface area contributed by atoms with E-state index >= 15 is 0 Å². The molecule has 0 radical (unpaired) electrons. The molecular weight excluding hydrogens is 326 g/mol. The van der Waals surface area contributed by atoms with Gasteiger partial charge in [-0.1, -0.05) is 31.2 Å². The molecule has 2 aromatic rings. The van der Waals surface area contributed by atoms with Crippen molar-refractivity contribution in [1.82, 2.24) is 15.2 Å². The summed E-state index contributed by atoms with van der Waals surface area (Å²) in [5, 5.41) is 2.90. The van der Waals surface area contributed by atoms with E-state index in [1.807, 2.05) is 36.1 Å². The fourth-order valence-corrected chi connectivity index (χ4v) is 3.32. The summed E-state index contributed by atoms with van der Waals surface area (Å²) < 4.78 is 0. The van der Waals surface area contributed by atoms with Crippen molar-refractivity contribution in [3.8, 4) is 0 Å². The fourth-order valence-electron chi connectivity index (χ4n) is 3.32. The number of piperidine rings is 1. The van der Waals surface area contributed by atoms with Crippen LogP contribution in [0.5, 0.6) is 0 Å². The Bertz CT molecular complexity index is 803. The standard InChI is InChI=1S/C21H25N3O2/c1-15-6-5-9-24(14-15)21(26)19-10-18(11-22-12-19)20(25)23-13-17-8-4-3-7-16(17)2/h3-4,7-8,10-12,15H,5-6,9,13-14H2,1-2H3,(H,23,25). The van der Waals surface area contributed by atoms with E-state index in [1.165, 1.54) is 6.20 Å². The van der Waals surface area contributed by atoms with Crippen LogP contribution in [0.2, 0.25) is 0 Å². The Hall–Kier alpha value is -2.69. The highest BCUT2D eigenvalue weighted by molar-refractivity contribution is 5.99. The Labute approximate surface area is 154 Å². The molecule has 1 atom stereocenters. The number of benzene rings is 1. The summed E-state index contributed by atoms with van der Waals surface area (Å²) in [4.78, 5) is 31.1. The van der Waals surface area contributed by atoms with Crippen molar-refractivity contribution < 1.29 is 9.59 Å². The Kier molecular flexibility index (Phi) is 5.66. The summed E-state index contributed by atoms with van der Waals surface area (Å²) >= 11 is 0. The van der Waals surface area contributed by atoms with Crippen LogP contribution in [-0.4, -0.2) is 34.8 Å². The molecule has 1 unspecified atom stereocenters. The second-order valence-electron chi connectivity index (χ2n) is 7.07. The zero-order valence-electron chi connectivity index (χ0n) is 15.4. The van der Waals surface area contributed by atoms with Crippen LogP contribution in [0.1, 0.15) is 51.6 Å². The van der Waals surface area contributed by atoms with Gasteiger partial charge in [-0.3, -0.25) is 14.6 Å². The second-order valence-corrected chi connectivity index (χ2v) is 7.07. The van der Waals surface area contributed by atoms with E-state index in [-0.39, 0.29) is 11.8 Å². The smallest absolute Gasteiger partial charge is 0.255 e. The number of carbonyl (C=O) groups excluding carboxylic acids is 2. The maximum Gasteiger partial charge on any atom is 0.255 e. The summed E-state index contributed by atoms with van der Waals surface area (Å²) in [5.41, 5.74) is 3.09. The molecule has 1 aromatic heterocycles. The molecule has 1 aromatic carbocycles. The first-order chi connectivity index (χ1) is 12.5. The van der Waals surface area contributed by atoms with E-state index < -0.39 is 0 Å². The van der Waals surface area contributed by atoms with Gasteiger partial charge in [-0.25, -0.2) is 0 Å². The molecule has 2 heterocycles. The van der Waals surface area contributed by atoms with Crippen molar-refractivity contribution in [2.75, 3.05) is 13.1 Å². The number of hydrogen-bond acceptors (Lipinski definition) is 3. The van der Waals surface area contributed by atoms with Crippen LogP contribution in [0.25, 0.3) is 0 Å². The fraction of sp³-hybridized carbons (Fsp3) is 0.381. The number of amides is 2. The number of carbonyl (C=O) groups is 2. The molecule has 1 saturated heterocycles. The van der Waals surface area contributed by atoms with Crippen LogP contribution < -0.4 is 5.32 Å². The molecule has 26 heavy (non-hydrogen) atoms. The van der Waals surface area contributed by atoms with Crippen LogP contribution in [0.15, 0.2) is 42.7 Å². The highest BCUT2D eigenvalue weighted by Crippen LogP contribution is 2.18. The zero-order valence-corrected chi connectivity index (χ0v) is 15.4. The van der Waals surface area contributed by atoms with E-state index in [2.05, 4.69) is 17.2 Å². The van der Waals surface area contributed by atoms with Crippen molar-refractivity contribution in [2.45, 2.75) is 33.2 Å². The summed E-state index contributed by atoms with van der Waals surface area (Å²) in [6.07, 6.45) is 5.23. The molecule has 1 aliphatic rings. The predicted molar refractivity (Wildman–Crippen MR) is 101 cm³/mol. The Morgan fingerprint density at radius 2 is 2.00 bits per heavy atom. The molecule has 0 bridgehead atoms. The van der Waals surface area contributed by atoms with Gasteiger partial charge in [0.05, 0.1) is 11.1 Å². The molecule has 2 amide bonds. The lowest BCUT2D eigenvalue weighted by atomic mass is 9.99. The van der Waals surface area contributed by atoms with Crippen LogP contribution in [-0.2, 0) is 6.54 Å². The largest absolute Gasteiger partial charge is 0.348 e. The third kappa shape index (κ3) is 4.28. The number of likely N-dealkylation sites (tertiary alicyclic amines) is 1. The van der Waals surface area contributed by atoms with Gasteiger partial charge < -0.3 is 10.2 Å². The van der Waals surface area contributed by atoms with Crippen LogP contribution in [0, 0.1) is 12.8 Å². The highest BCUT2D eigenvalue weighted by atomic mass is 16.2. The molecule has 136 valence electrons. The van der Waals surface area contributed by atoms with Crippen molar-refractivity contribution in [2.24, 2.45) is 5.92 Å². The first-order valence-electron chi connectivity index (χ1n) is 9.11. The van der Waals surface area contributed by atoms with Gasteiger partial charge in [-0.05, 0) is 42.9 Å². The first kappa shape index (κ1) is 18.1. The lowest BCUT2D eigenvalue weighted by Crippen LogP contribution is -2.39. The summed E-state index contributed by atoms with van der Waals surface area (Å²) in [7, 11) is 0. The van der Waals surface area contributed by atoms with E-state index in [0.29, 0.717) is 23.6 Å². The zero-order chi connectivity index (χ0) is 18.5. The van der Waals surface area contributed by atoms with E-state index in [4.69, 9.17) is 0 Å². The third-order valence-corrected chi connectivity index (χ3v) is 4.89. The average Bonchev–Trinajstić information content (AvgIpc) is 2.66. The van der Waals surface area contributed by atoms with Gasteiger partial charge in [0.25, 0.3) is 11.8 Å².